The van der Waals surface area contributed by atoms with Gasteiger partial charge >= 0.3 is 0 Å². The van der Waals surface area contributed by atoms with E-state index in [4.69, 9.17) is 10.5 Å². The quantitative estimate of drug-likeness (QED) is 0.839. The first-order valence-corrected chi connectivity index (χ1v) is 7.24. The summed E-state index contributed by atoms with van der Waals surface area (Å²) in [7, 11) is 1.60. The summed E-state index contributed by atoms with van der Waals surface area (Å²) >= 11 is 3.95. The van der Waals surface area contributed by atoms with Crippen molar-refractivity contribution in [3.05, 3.63) is 39.4 Å². The Hall–Kier alpha value is -1.74. The molecular formula is C12H10BrF2N3O2S. The molecule has 1 aromatic heterocycles. The molecule has 0 bridgehead atoms. The first-order chi connectivity index (χ1) is 9.93. The summed E-state index contributed by atoms with van der Waals surface area (Å²) < 4.78 is 36.8. The molecule has 3 N–H and O–H groups in total. The molecule has 0 unspecified atom stereocenters. The van der Waals surface area contributed by atoms with Gasteiger partial charge in [-0.1, -0.05) is 15.9 Å². The SMILES string of the molecule is CNc1snc(OCc2c(F)cc(Br)cc2F)c1C(N)=O. The molecule has 9 heteroatoms. The molecule has 0 saturated heterocycles. The van der Waals surface area contributed by atoms with E-state index in [-0.39, 0.29) is 21.5 Å². The lowest BCUT2D eigenvalue weighted by molar-refractivity contribution is 0.0996. The zero-order chi connectivity index (χ0) is 15.6. The van der Waals surface area contributed by atoms with Gasteiger partial charge in [-0.25, -0.2) is 8.78 Å². The number of rotatable bonds is 5. The normalized spacial score (nSPS) is 10.5. The summed E-state index contributed by atoms with van der Waals surface area (Å²) in [6, 6.07) is 2.24. The lowest BCUT2D eigenvalue weighted by Gasteiger charge is -2.08. The van der Waals surface area contributed by atoms with Crippen LogP contribution in [-0.4, -0.2) is 17.3 Å². The fourth-order valence-electron chi connectivity index (χ4n) is 1.61. The molecule has 0 spiro atoms. The predicted octanol–water partition coefficient (Wildman–Crippen LogP) is 2.90. The second kappa shape index (κ2) is 6.35. The Morgan fingerprint density at radius 2 is 2.10 bits per heavy atom. The fourth-order valence-corrected chi connectivity index (χ4v) is 2.70. The molecule has 21 heavy (non-hydrogen) atoms. The molecule has 1 heterocycles. The Morgan fingerprint density at radius 3 is 2.62 bits per heavy atom. The Bertz CT molecular complexity index is 670. The van der Waals surface area contributed by atoms with Gasteiger partial charge in [0, 0.05) is 11.5 Å². The highest BCUT2D eigenvalue weighted by Crippen LogP contribution is 2.30. The van der Waals surface area contributed by atoms with Crippen LogP contribution >= 0.6 is 27.5 Å². The van der Waals surface area contributed by atoms with Crippen molar-refractivity contribution in [2.75, 3.05) is 12.4 Å². The Kier molecular flexibility index (Phi) is 4.73. The zero-order valence-corrected chi connectivity index (χ0v) is 13.1. The minimum Gasteiger partial charge on any atom is -0.471 e. The van der Waals surface area contributed by atoms with Gasteiger partial charge < -0.3 is 15.8 Å². The maximum absolute atomic E-state index is 13.7. The van der Waals surface area contributed by atoms with Crippen LogP contribution in [0.5, 0.6) is 5.88 Å². The summed E-state index contributed by atoms with van der Waals surface area (Å²) in [6.45, 7) is -0.405. The first kappa shape index (κ1) is 15.6. The van der Waals surface area contributed by atoms with Crippen molar-refractivity contribution in [3.63, 3.8) is 0 Å². The molecule has 112 valence electrons. The van der Waals surface area contributed by atoms with Crippen molar-refractivity contribution in [1.82, 2.24) is 4.37 Å². The second-order valence-electron chi connectivity index (χ2n) is 3.94. The molecule has 0 radical (unpaired) electrons. The minimum atomic E-state index is -0.758. The van der Waals surface area contributed by atoms with E-state index in [0.717, 1.165) is 23.7 Å². The average Bonchev–Trinajstić information content (AvgIpc) is 2.80. The number of carbonyl (C=O) groups is 1. The van der Waals surface area contributed by atoms with Crippen LogP contribution in [0.15, 0.2) is 16.6 Å². The number of hydrogen-bond donors (Lipinski definition) is 2. The van der Waals surface area contributed by atoms with Crippen molar-refractivity contribution in [3.8, 4) is 5.88 Å². The third-order valence-electron chi connectivity index (χ3n) is 2.59. The van der Waals surface area contributed by atoms with E-state index in [1.165, 1.54) is 0 Å². The summed E-state index contributed by atoms with van der Waals surface area (Å²) in [5, 5.41) is 3.17. The number of hydrogen-bond acceptors (Lipinski definition) is 5. The highest BCUT2D eigenvalue weighted by atomic mass is 79.9. The monoisotopic (exact) mass is 377 g/mol. The fraction of sp³-hybridized carbons (Fsp3) is 0.167. The molecule has 1 aromatic carbocycles. The molecule has 0 aliphatic rings. The zero-order valence-electron chi connectivity index (χ0n) is 10.7. The van der Waals surface area contributed by atoms with Gasteiger partial charge in [0.2, 0.25) is 5.88 Å². The Morgan fingerprint density at radius 1 is 1.48 bits per heavy atom. The van der Waals surface area contributed by atoms with E-state index in [2.05, 4.69) is 25.6 Å². The number of nitrogens with one attached hydrogen (secondary N) is 1. The van der Waals surface area contributed by atoms with E-state index < -0.39 is 24.1 Å². The molecule has 0 saturated carbocycles. The van der Waals surface area contributed by atoms with Crippen LogP contribution < -0.4 is 15.8 Å². The molecule has 0 aliphatic heterocycles. The Balaban J connectivity index is 2.25. The molecule has 0 atom stereocenters. The van der Waals surface area contributed by atoms with Crippen molar-refractivity contribution in [2.45, 2.75) is 6.61 Å². The lowest BCUT2D eigenvalue weighted by atomic mass is 10.2. The highest BCUT2D eigenvalue weighted by molar-refractivity contribution is 9.10. The van der Waals surface area contributed by atoms with E-state index in [9.17, 15) is 13.6 Å². The van der Waals surface area contributed by atoms with Gasteiger partial charge in [0.25, 0.3) is 5.91 Å². The number of halogens is 3. The van der Waals surface area contributed by atoms with Crippen LogP contribution in [0.1, 0.15) is 15.9 Å². The number of ether oxygens (including phenoxy) is 1. The van der Waals surface area contributed by atoms with Crippen LogP contribution in [0.2, 0.25) is 0 Å². The van der Waals surface area contributed by atoms with Crippen molar-refractivity contribution >= 4 is 38.4 Å². The number of carbonyl (C=O) groups excluding carboxylic acids is 1. The Labute approximate surface area is 131 Å². The summed E-state index contributed by atoms with van der Waals surface area (Å²) in [5.74, 6) is -2.31. The van der Waals surface area contributed by atoms with Gasteiger partial charge in [-0.15, -0.1) is 0 Å². The third-order valence-corrected chi connectivity index (χ3v) is 3.90. The number of nitrogens with zero attached hydrogens (tertiary/aromatic N) is 1. The predicted molar refractivity (Wildman–Crippen MR) is 78.6 cm³/mol. The second-order valence-corrected chi connectivity index (χ2v) is 5.63. The number of nitrogens with two attached hydrogens (primary N) is 1. The lowest BCUT2D eigenvalue weighted by Crippen LogP contribution is -2.14. The van der Waals surface area contributed by atoms with Gasteiger partial charge in [-0.3, -0.25) is 4.79 Å². The highest BCUT2D eigenvalue weighted by Gasteiger charge is 2.20. The molecule has 0 fully saturated rings. The molecule has 1 amide bonds. The molecule has 2 aromatic rings. The van der Waals surface area contributed by atoms with E-state index in [1.807, 2.05) is 0 Å². The molecule has 0 aliphatic carbocycles. The standard InChI is InChI=1S/C12H10BrF2N3O2S/c1-17-12-9(10(16)19)11(18-21-12)20-4-6-7(14)2-5(13)3-8(6)15/h2-3,17H,4H2,1H3,(H2,16,19). The summed E-state index contributed by atoms with van der Waals surface area (Å²) in [5.41, 5.74) is 5.04. The number of benzene rings is 1. The smallest absolute Gasteiger partial charge is 0.257 e. The van der Waals surface area contributed by atoms with Crippen LogP contribution in [0.4, 0.5) is 13.8 Å². The topological polar surface area (TPSA) is 77.2 Å². The average molecular weight is 378 g/mol. The molecule has 2 rings (SSSR count). The van der Waals surface area contributed by atoms with E-state index >= 15 is 0 Å². The molecular weight excluding hydrogens is 368 g/mol. The largest absolute Gasteiger partial charge is 0.471 e. The number of amides is 1. The van der Waals surface area contributed by atoms with Crippen LogP contribution in [-0.2, 0) is 6.61 Å². The summed E-state index contributed by atoms with van der Waals surface area (Å²) in [4.78, 5) is 11.4. The maximum atomic E-state index is 13.7. The van der Waals surface area contributed by atoms with Gasteiger partial charge in [0.05, 0.1) is 5.56 Å². The number of aromatic nitrogens is 1. The number of anilines is 1. The van der Waals surface area contributed by atoms with Gasteiger partial charge in [-0.2, -0.15) is 4.37 Å². The van der Waals surface area contributed by atoms with E-state index in [0.29, 0.717) is 5.00 Å². The van der Waals surface area contributed by atoms with Crippen LogP contribution in [0.3, 0.4) is 0 Å². The minimum absolute atomic E-state index is 0.0560. The van der Waals surface area contributed by atoms with Crippen LogP contribution in [0, 0.1) is 11.6 Å². The third kappa shape index (κ3) is 3.30. The van der Waals surface area contributed by atoms with Crippen molar-refractivity contribution in [2.24, 2.45) is 5.73 Å². The summed E-state index contributed by atoms with van der Waals surface area (Å²) in [6.07, 6.45) is 0. The van der Waals surface area contributed by atoms with E-state index in [1.54, 1.807) is 7.05 Å². The van der Waals surface area contributed by atoms with Gasteiger partial charge in [0.15, 0.2) is 0 Å². The van der Waals surface area contributed by atoms with Crippen molar-refractivity contribution < 1.29 is 18.3 Å². The number of primary amides is 1. The molecule has 5 nitrogen and oxygen atoms in total. The van der Waals surface area contributed by atoms with Gasteiger partial charge in [-0.05, 0) is 23.7 Å². The maximum Gasteiger partial charge on any atom is 0.257 e. The van der Waals surface area contributed by atoms with Gasteiger partial charge in [0.1, 0.15) is 28.8 Å². The van der Waals surface area contributed by atoms with Crippen LogP contribution in [0.25, 0.3) is 0 Å². The first-order valence-electron chi connectivity index (χ1n) is 5.67. The van der Waals surface area contributed by atoms with Crippen molar-refractivity contribution in [1.29, 1.82) is 0 Å².